The predicted molar refractivity (Wildman–Crippen MR) is 120 cm³/mol. The lowest BCUT2D eigenvalue weighted by atomic mass is 9.81. The van der Waals surface area contributed by atoms with E-state index in [-0.39, 0.29) is 18.9 Å². The van der Waals surface area contributed by atoms with E-state index >= 15 is 0 Å². The van der Waals surface area contributed by atoms with Crippen LogP contribution in [0.1, 0.15) is 49.5 Å². The van der Waals surface area contributed by atoms with Gasteiger partial charge in [0.25, 0.3) is 0 Å². The van der Waals surface area contributed by atoms with Crippen molar-refractivity contribution in [3.8, 4) is 5.75 Å². The highest BCUT2D eigenvalue weighted by Gasteiger charge is 2.41. The van der Waals surface area contributed by atoms with Crippen molar-refractivity contribution in [3.63, 3.8) is 0 Å². The smallest absolute Gasteiger partial charge is 0.341 e. The van der Waals surface area contributed by atoms with Gasteiger partial charge in [0.2, 0.25) is 5.91 Å². The van der Waals surface area contributed by atoms with Gasteiger partial charge in [-0.25, -0.2) is 4.79 Å². The molecule has 1 fully saturated rings. The highest BCUT2D eigenvalue weighted by molar-refractivity contribution is 6.31. The molecule has 1 saturated heterocycles. The Morgan fingerprint density at radius 1 is 1.16 bits per heavy atom. The molecule has 0 spiro atoms. The van der Waals surface area contributed by atoms with Gasteiger partial charge in [0.05, 0.1) is 18.8 Å². The summed E-state index contributed by atoms with van der Waals surface area (Å²) in [6.07, 6.45) is -0.0850. The minimum absolute atomic E-state index is 0.00686. The van der Waals surface area contributed by atoms with Crippen LogP contribution in [0.2, 0.25) is 10.0 Å². The molecule has 3 rings (SSSR count). The highest BCUT2D eigenvalue weighted by Crippen LogP contribution is 2.46. The summed E-state index contributed by atoms with van der Waals surface area (Å²) in [7, 11) is 0. The first-order chi connectivity index (χ1) is 15.2. The Labute approximate surface area is 196 Å². The summed E-state index contributed by atoms with van der Waals surface area (Å²) in [6, 6.07) is 12.2. The van der Waals surface area contributed by atoms with Crippen LogP contribution in [0.15, 0.2) is 42.5 Å². The summed E-state index contributed by atoms with van der Waals surface area (Å²) < 4.78 is 11.9. The van der Waals surface area contributed by atoms with Crippen molar-refractivity contribution in [2.45, 2.75) is 43.9 Å². The zero-order valence-electron chi connectivity index (χ0n) is 17.5. The molecule has 2 aromatic carbocycles. The molecule has 0 radical (unpaired) electrons. The zero-order chi connectivity index (χ0) is 23.3. The third-order valence-electron chi connectivity index (χ3n) is 5.27. The van der Waals surface area contributed by atoms with Gasteiger partial charge in [-0.2, -0.15) is 0 Å². The minimum Gasteiger partial charge on any atom is -0.482 e. The number of aliphatic hydroxyl groups is 1. The number of nitrogens with one attached hydrogen (secondary N) is 1. The van der Waals surface area contributed by atoms with Crippen molar-refractivity contribution in [2.75, 3.05) is 13.2 Å². The number of carboxylic acids is 1. The Hall–Kier alpha value is -2.32. The van der Waals surface area contributed by atoms with Crippen LogP contribution in [0.25, 0.3) is 0 Å². The molecule has 0 unspecified atom stereocenters. The van der Waals surface area contributed by atoms with Crippen molar-refractivity contribution < 1.29 is 29.3 Å². The standard InChI is InChI=1S/C23H25Cl2NO6/c1-23(26-21(28)7-8-27)11-19(14-3-2-4-15(24)9-14)32-20(12-23)17-10-16(25)5-6-18(17)31-13-22(29)30/h2-6,9-10,19-20,27H,7-8,11-13H2,1H3,(H,26,28)(H,29,30)/t19-,20+,23-/m0/s1. The van der Waals surface area contributed by atoms with Gasteiger partial charge < -0.3 is 25.0 Å². The van der Waals surface area contributed by atoms with E-state index in [1.165, 1.54) is 0 Å². The third kappa shape index (κ3) is 6.36. The van der Waals surface area contributed by atoms with Crippen LogP contribution >= 0.6 is 23.2 Å². The number of carbonyl (C=O) groups is 2. The molecule has 7 nitrogen and oxygen atoms in total. The van der Waals surface area contributed by atoms with Crippen LogP contribution in [-0.2, 0) is 14.3 Å². The molecule has 172 valence electrons. The van der Waals surface area contributed by atoms with Gasteiger partial charge in [0.15, 0.2) is 6.61 Å². The number of carbonyl (C=O) groups excluding carboxylic acids is 1. The topological polar surface area (TPSA) is 105 Å². The van der Waals surface area contributed by atoms with Crippen molar-refractivity contribution in [1.82, 2.24) is 5.32 Å². The number of aliphatic carboxylic acids is 1. The Balaban J connectivity index is 1.98. The molecule has 32 heavy (non-hydrogen) atoms. The second kappa shape index (κ2) is 10.5. The van der Waals surface area contributed by atoms with E-state index in [0.717, 1.165) is 5.56 Å². The van der Waals surface area contributed by atoms with Gasteiger partial charge in [-0.1, -0.05) is 35.3 Å². The summed E-state index contributed by atoms with van der Waals surface area (Å²) in [5.74, 6) is -1.03. The molecule has 0 bridgehead atoms. The number of amides is 1. The summed E-state index contributed by atoms with van der Waals surface area (Å²) in [5.41, 5.74) is 0.766. The fourth-order valence-corrected chi connectivity index (χ4v) is 4.31. The third-order valence-corrected chi connectivity index (χ3v) is 5.74. The molecule has 1 heterocycles. The number of halogens is 2. The summed E-state index contributed by atoms with van der Waals surface area (Å²) >= 11 is 12.4. The second-order valence-corrected chi connectivity index (χ2v) is 8.90. The van der Waals surface area contributed by atoms with Gasteiger partial charge in [-0.3, -0.25) is 4.79 Å². The number of ether oxygens (including phenoxy) is 2. The molecule has 3 atom stereocenters. The molecule has 2 aromatic rings. The van der Waals surface area contributed by atoms with E-state index < -0.39 is 30.3 Å². The van der Waals surface area contributed by atoms with Gasteiger partial charge in [-0.15, -0.1) is 0 Å². The molecule has 1 amide bonds. The molecule has 0 aromatic heterocycles. The Kier molecular flexibility index (Phi) is 8.00. The van der Waals surface area contributed by atoms with Crippen molar-refractivity contribution in [1.29, 1.82) is 0 Å². The lowest BCUT2D eigenvalue weighted by Gasteiger charge is -2.43. The summed E-state index contributed by atoms with van der Waals surface area (Å²) in [4.78, 5) is 23.3. The molecule has 0 saturated carbocycles. The zero-order valence-corrected chi connectivity index (χ0v) is 19.0. The van der Waals surface area contributed by atoms with E-state index in [1.54, 1.807) is 24.3 Å². The lowest BCUT2D eigenvalue weighted by molar-refractivity contribution is -0.139. The average Bonchev–Trinajstić information content (AvgIpc) is 2.72. The van der Waals surface area contributed by atoms with Crippen molar-refractivity contribution in [3.05, 3.63) is 63.6 Å². The van der Waals surface area contributed by atoms with E-state index in [4.69, 9.17) is 42.9 Å². The van der Waals surface area contributed by atoms with Gasteiger partial charge in [0.1, 0.15) is 5.75 Å². The monoisotopic (exact) mass is 481 g/mol. The van der Waals surface area contributed by atoms with Crippen LogP contribution in [0, 0.1) is 0 Å². The maximum Gasteiger partial charge on any atom is 0.341 e. The second-order valence-electron chi connectivity index (χ2n) is 8.02. The largest absolute Gasteiger partial charge is 0.482 e. The lowest BCUT2D eigenvalue weighted by Crippen LogP contribution is -2.51. The van der Waals surface area contributed by atoms with Gasteiger partial charge in [-0.05, 0) is 42.8 Å². The van der Waals surface area contributed by atoms with E-state index in [9.17, 15) is 9.59 Å². The van der Waals surface area contributed by atoms with Crippen LogP contribution in [0.3, 0.4) is 0 Å². The molecule has 9 heteroatoms. The predicted octanol–water partition coefficient (Wildman–Crippen LogP) is 4.31. The first kappa shape index (κ1) is 24.3. The van der Waals surface area contributed by atoms with Crippen molar-refractivity contribution >= 4 is 35.1 Å². The summed E-state index contributed by atoms with van der Waals surface area (Å²) in [5, 5.41) is 22.2. The van der Waals surface area contributed by atoms with Crippen molar-refractivity contribution in [2.24, 2.45) is 0 Å². The number of hydrogen-bond donors (Lipinski definition) is 3. The van der Waals surface area contributed by atoms with E-state index in [0.29, 0.717) is 34.2 Å². The normalized spacial score (nSPS) is 22.9. The Morgan fingerprint density at radius 3 is 2.56 bits per heavy atom. The first-order valence-electron chi connectivity index (χ1n) is 10.2. The number of aliphatic hydroxyl groups excluding tert-OH is 1. The molecule has 1 aliphatic rings. The minimum atomic E-state index is -1.10. The molecular formula is C23H25Cl2NO6. The SMILES string of the molecule is C[C@]1(NC(=O)CCO)C[C@@H](c2cccc(Cl)c2)O[C@@H](c2cc(Cl)ccc2OCC(=O)O)C1. The van der Waals surface area contributed by atoms with Gasteiger partial charge in [0, 0.05) is 40.4 Å². The fourth-order valence-electron chi connectivity index (χ4n) is 3.93. The highest BCUT2D eigenvalue weighted by atomic mass is 35.5. The number of hydrogen-bond acceptors (Lipinski definition) is 5. The quantitative estimate of drug-likeness (QED) is 0.518. The first-order valence-corrected chi connectivity index (χ1v) is 10.9. The molecular weight excluding hydrogens is 457 g/mol. The van der Waals surface area contributed by atoms with Crippen LogP contribution < -0.4 is 10.1 Å². The number of carboxylic acid groups (broad SMARTS) is 1. The Morgan fingerprint density at radius 2 is 1.88 bits per heavy atom. The molecule has 0 aliphatic carbocycles. The molecule has 1 aliphatic heterocycles. The van der Waals surface area contributed by atoms with Crippen LogP contribution in [0.5, 0.6) is 5.75 Å². The number of benzene rings is 2. The maximum absolute atomic E-state index is 12.3. The van der Waals surface area contributed by atoms with Crippen LogP contribution in [0.4, 0.5) is 0 Å². The number of rotatable bonds is 8. The Bertz CT molecular complexity index is 985. The van der Waals surface area contributed by atoms with Gasteiger partial charge >= 0.3 is 5.97 Å². The van der Waals surface area contributed by atoms with E-state index in [1.807, 2.05) is 25.1 Å². The fraction of sp³-hybridized carbons (Fsp3) is 0.391. The average molecular weight is 482 g/mol. The summed E-state index contributed by atoms with van der Waals surface area (Å²) in [6.45, 7) is 1.16. The molecule has 3 N–H and O–H groups in total. The van der Waals surface area contributed by atoms with Crippen LogP contribution in [-0.4, -0.2) is 40.8 Å². The maximum atomic E-state index is 12.3. The van der Waals surface area contributed by atoms with E-state index in [2.05, 4.69) is 5.32 Å².